The zero-order valence-corrected chi connectivity index (χ0v) is 18.7. The number of anilines is 1. The van der Waals surface area contributed by atoms with Crippen LogP contribution in [0.1, 0.15) is 55.3 Å². The Bertz CT molecular complexity index is 987. The molecular weight excluding hydrogens is 392 g/mol. The Morgan fingerprint density at radius 2 is 1.97 bits per heavy atom. The first-order valence-corrected chi connectivity index (χ1v) is 11.0. The molecule has 31 heavy (non-hydrogen) atoms. The highest BCUT2D eigenvalue weighted by atomic mass is 16.5. The van der Waals surface area contributed by atoms with Gasteiger partial charge in [-0.15, -0.1) is 0 Å². The molecule has 4 rings (SSSR count). The van der Waals surface area contributed by atoms with Gasteiger partial charge in [-0.3, -0.25) is 14.5 Å². The minimum absolute atomic E-state index is 0.0148. The van der Waals surface area contributed by atoms with E-state index in [1.807, 2.05) is 49.9 Å². The lowest BCUT2D eigenvalue weighted by Crippen LogP contribution is -2.41. The second kappa shape index (κ2) is 8.65. The minimum atomic E-state index is -0.0148. The third-order valence-electron chi connectivity index (χ3n) is 6.19. The SMILES string of the molecule is COc1ccc(CN2C(=O)Cc3c(C)nc([C@H]4CCCN(C(=O)C(C)C)C4)nc32)cc1. The number of hydrogen-bond donors (Lipinski definition) is 0. The first kappa shape index (κ1) is 21.3. The van der Waals surface area contributed by atoms with Crippen molar-refractivity contribution >= 4 is 17.6 Å². The Hall–Kier alpha value is -2.96. The Morgan fingerprint density at radius 1 is 1.23 bits per heavy atom. The normalized spacial score (nSPS) is 18.5. The van der Waals surface area contributed by atoms with E-state index in [2.05, 4.69) is 0 Å². The van der Waals surface area contributed by atoms with E-state index in [-0.39, 0.29) is 23.7 Å². The van der Waals surface area contributed by atoms with Crippen LogP contribution in [0.15, 0.2) is 24.3 Å². The molecule has 1 atom stereocenters. The van der Waals surface area contributed by atoms with E-state index < -0.39 is 0 Å². The first-order valence-electron chi connectivity index (χ1n) is 11.0. The molecule has 2 aliphatic heterocycles. The summed E-state index contributed by atoms with van der Waals surface area (Å²) in [7, 11) is 1.64. The van der Waals surface area contributed by atoms with Gasteiger partial charge in [0.25, 0.3) is 0 Å². The summed E-state index contributed by atoms with van der Waals surface area (Å²) in [5.74, 6) is 2.55. The van der Waals surface area contributed by atoms with Gasteiger partial charge in [0.2, 0.25) is 11.8 Å². The lowest BCUT2D eigenvalue weighted by molar-refractivity contribution is -0.135. The highest BCUT2D eigenvalue weighted by molar-refractivity contribution is 6.00. The summed E-state index contributed by atoms with van der Waals surface area (Å²) in [6, 6.07) is 7.73. The Morgan fingerprint density at radius 3 is 2.65 bits per heavy atom. The van der Waals surface area contributed by atoms with Crippen molar-refractivity contribution < 1.29 is 14.3 Å². The number of likely N-dealkylation sites (tertiary alicyclic amines) is 1. The predicted octanol–water partition coefficient (Wildman–Crippen LogP) is 3.24. The zero-order valence-electron chi connectivity index (χ0n) is 18.7. The van der Waals surface area contributed by atoms with Crippen molar-refractivity contribution in [3.63, 3.8) is 0 Å². The number of aryl methyl sites for hydroxylation is 1. The Labute approximate surface area is 183 Å². The number of benzene rings is 1. The maximum Gasteiger partial charge on any atom is 0.233 e. The van der Waals surface area contributed by atoms with Crippen molar-refractivity contribution in [2.24, 2.45) is 5.92 Å². The van der Waals surface area contributed by atoms with Crippen LogP contribution in [0.4, 0.5) is 5.82 Å². The third kappa shape index (κ3) is 4.27. The smallest absolute Gasteiger partial charge is 0.233 e. The fourth-order valence-corrected chi connectivity index (χ4v) is 4.41. The standard InChI is InChI=1S/C24H30N4O3/c1-15(2)24(30)27-11-5-6-18(14-27)22-25-16(3)20-12-21(29)28(23(20)26-22)13-17-7-9-19(31-4)10-8-17/h7-10,15,18H,5-6,11-14H2,1-4H3/t18-/m0/s1. The molecule has 0 saturated carbocycles. The number of carbonyl (C=O) groups excluding carboxylic acids is 2. The molecule has 1 aromatic carbocycles. The Balaban J connectivity index is 1.59. The maximum absolute atomic E-state index is 12.8. The van der Waals surface area contributed by atoms with Gasteiger partial charge >= 0.3 is 0 Å². The predicted molar refractivity (Wildman–Crippen MR) is 118 cm³/mol. The fraction of sp³-hybridized carbons (Fsp3) is 0.500. The van der Waals surface area contributed by atoms with E-state index in [4.69, 9.17) is 14.7 Å². The first-order chi connectivity index (χ1) is 14.9. The molecule has 1 saturated heterocycles. The Kier molecular flexibility index (Phi) is 5.94. The van der Waals surface area contributed by atoms with Crippen LogP contribution < -0.4 is 9.64 Å². The number of carbonyl (C=O) groups is 2. The van der Waals surface area contributed by atoms with Gasteiger partial charge in [0.1, 0.15) is 17.4 Å². The van der Waals surface area contributed by atoms with Crippen molar-refractivity contribution in [2.75, 3.05) is 25.1 Å². The number of aromatic nitrogens is 2. The molecule has 0 aliphatic carbocycles. The lowest BCUT2D eigenvalue weighted by Gasteiger charge is -2.33. The van der Waals surface area contributed by atoms with Crippen LogP contribution in [0, 0.1) is 12.8 Å². The van der Waals surface area contributed by atoms with E-state index in [0.717, 1.165) is 53.6 Å². The number of methoxy groups -OCH3 is 1. The van der Waals surface area contributed by atoms with Crippen LogP contribution >= 0.6 is 0 Å². The monoisotopic (exact) mass is 422 g/mol. The van der Waals surface area contributed by atoms with Gasteiger partial charge in [-0.25, -0.2) is 9.97 Å². The molecule has 7 nitrogen and oxygen atoms in total. The summed E-state index contributed by atoms with van der Waals surface area (Å²) in [6.45, 7) is 7.72. The highest BCUT2D eigenvalue weighted by Crippen LogP contribution is 2.34. The molecule has 1 aromatic heterocycles. The zero-order chi connectivity index (χ0) is 22.1. The van der Waals surface area contributed by atoms with Crippen LogP contribution in [0.25, 0.3) is 0 Å². The molecule has 0 spiro atoms. The van der Waals surface area contributed by atoms with E-state index in [1.54, 1.807) is 12.0 Å². The van der Waals surface area contributed by atoms with Gasteiger partial charge < -0.3 is 9.64 Å². The van der Waals surface area contributed by atoms with Gasteiger partial charge in [0, 0.05) is 36.2 Å². The third-order valence-corrected chi connectivity index (χ3v) is 6.19. The molecule has 2 aromatic rings. The van der Waals surface area contributed by atoms with Gasteiger partial charge in [-0.2, -0.15) is 0 Å². The van der Waals surface area contributed by atoms with Gasteiger partial charge in [0.15, 0.2) is 0 Å². The van der Waals surface area contributed by atoms with Crippen molar-refractivity contribution in [3.05, 3.63) is 46.9 Å². The average molecular weight is 423 g/mol. The molecule has 0 radical (unpaired) electrons. The molecule has 0 bridgehead atoms. The van der Waals surface area contributed by atoms with Crippen molar-refractivity contribution in [1.82, 2.24) is 14.9 Å². The lowest BCUT2D eigenvalue weighted by atomic mass is 9.95. The molecule has 2 aliphatic rings. The number of hydrogen-bond acceptors (Lipinski definition) is 5. The molecule has 3 heterocycles. The van der Waals surface area contributed by atoms with Crippen LogP contribution in [0.5, 0.6) is 5.75 Å². The molecule has 164 valence electrons. The number of amides is 2. The summed E-state index contributed by atoms with van der Waals surface area (Å²) in [6.07, 6.45) is 2.23. The number of nitrogens with zero attached hydrogens (tertiary/aromatic N) is 4. The fourth-order valence-electron chi connectivity index (χ4n) is 4.41. The van der Waals surface area contributed by atoms with Gasteiger partial charge in [0.05, 0.1) is 20.1 Å². The molecular formula is C24H30N4O3. The van der Waals surface area contributed by atoms with Crippen LogP contribution in [-0.2, 0) is 22.6 Å². The van der Waals surface area contributed by atoms with Crippen LogP contribution in [0.3, 0.4) is 0 Å². The van der Waals surface area contributed by atoms with E-state index in [0.29, 0.717) is 19.5 Å². The molecule has 7 heteroatoms. The number of fused-ring (bicyclic) bond motifs is 1. The second-order valence-corrected chi connectivity index (χ2v) is 8.75. The van der Waals surface area contributed by atoms with Crippen molar-refractivity contribution in [2.45, 2.75) is 52.5 Å². The summed E-state index contributed by atoms with van der Waals surface area (Å²) < 4.78 is 5.23. The number of piperidine rings is 1. The van der Waals surface area contributed by atoms with Gasteiger partial charge in [-0.05, 0) is 37.5 Å². The minimum Gasteiger partial charge on any atom is -0.497 e. The average Bonchev–Trinajstić information content (AvgIpc) is 3.09. The second-order valence-electron chi connectivity index (χ2n) is 8.75. The van der Waals surface area contributed by atoms with E-state index in [1.165, 1.54) is 0 Å². The molecule has 1 fully saturated rings. The summed E-state index contributed by atoms with van der Waals surface area (Å²) in [4.78, 5) is 38.6. The molecule has 0 N–H and O–H groups in total. The topological polar surface area (TPSA) is 75.6 Å². The van der Waals surface area contributed by atoms with E-state index >= 15 is 0 Å². The highest BCUT2D eigenvalue weighted by Gasteiger charge is 2.34. The van der Waals surface area contributed by atoms with Crippen molar-refractivity contribution in [3.8, 4) is 5.75 Å². The van der Waals surface area contributed by atoms with Gasteiger partial charge in [-0.1, -0.05) is 26.0 Å². The summed E-state index contributed by atoms with van der Waals surface area (Å²) in [5.41, 5.74) is 2.79. The maximum atomic E-state index is 12.8. The quantitative estimate of drug-likeness (QED) is 0.739. The van der Waals surface area contributed by atoms with Crippen LogP contribution in [0.2, 0.25) is 0 Å². The number of ether oxygens (including phenoxy) is 1. The molecule has 2 amide bonds. The van der Waals surface area contributed by atoms with Crippen LogP contribution in [-0.4, -0.2) is 46.9 Å². The summed E-state index contributed by atoms with van der Waals surface area (Å²) in [5, 5.41) is 0. The van der Waals surface area contributed by atoms with Crippen molar-refractivity contribution in [1.29, 1.82) is 0 Å². The molecule has 0 unspecified atom stereocenters. The largest absolute Gasteiger partial charge is 0.497 e. The summed E-state index contributed by atoms with van der Waals surface area (Å²) >= 11 is 0. The number of rotatable bonds is 5. The van der Waals surface area contributed by atoms with E-state index in [9.17, 15) is 9.59 Å².